The molecule has 306 valence electrons. The molecule has 2 unspecified atom stereocenters. The Morgan fingerprint density at radius 3 is 1.73 bits per heavy atom. The van der Waals surface area contributed by atoms with Crippen molar-refractivity contribution >= 4 is 89.4 Å². The third kappa shape index (κ3) is 29.4. The average molecular weight is 1010 g/mol. The number of ether oxygens (including phenoxy) is 4. The summed E-state index contributed by atoms with van der Waals surface area (Å²) in [5.74, 6) is -1.02. The van der Waals surface area contributed by atoms with Crippen molar-refractivity contribution in [1.82, 2.24) is 5.32 Å². The molecule has 2 aromatic rings. The molecular formula is C40H56Br2IN3O9. The maximum absolute atomic E-state index is 11.9. The summed E-state index contributed by atoms with van der Waals surface area (Å²) >= 11 is 6.37. The van der Waals surface area contributed by atoms with Gasteiger partial charge in [-0.1, -0.05) is 111 Å². The lowest BCUT2D eigenvalue weighted by atomic mass is 10.2. The highest BCUT2D eigenvalue weighted by atomic mass is 127. The van der Waals surface area contributed by atoms with E-state index in [1.54, 1.807) is 66.0 Å². The number of halogens is 3. The molecule has 1 N–H and O–H groups in total. The van der Waals surface area contributed by atoms with Gasteiger partial charge in [0.1, 0.15) is 30.5 Å². The largest absolute Gasteiger partial charge is 0.465 e. The second-order valence-electron chi connectivity index (χ2n) is 11.6. The van der Waals surface area contributed by atoms with E-state index in [1.807, 2.05) is 53.5 Å². The lowest BCUT2D eigenvalue weighted by molar-refractivity contribution is -0.147. The van der Waals surface area contributed by atoms with Crippen LogP contribution in [0.2, 0.25) is 0 Å². The second-order valence-corrected chi connectivity index (χ2v) is 14.6. The Bertz CT molecular complexity index is 1470. The lowest BCUT2D eigenvalue weighted by Crippen LogP contribution is -2.47. The van der Waals surface area contributed by atoms with Crippen LogP contribution >= 0.6 is 52.9 Å². The number of nitrogens with zero attached hydrogens (tertiary/aromatic N) is 2. The molecule has 2 atom stereocenters. The van der Waals surface area contributed by atoms with Gasteiger partial charge >= 0.3 is 24.0 Å². The SMILES string of the molecule is BrC/C=C/CBr.C=CC1CC1(NC(=O)OC(C)(C)C)C(=O)OCC.CCOC(=O)CN=Cc1ccccc1.CCOC(=O)CN=IC.O=Cc1ccccc1. The molecule has 0 heterocycles. The summed E-state index contributed by atoms with van der Waals surface area (Å²) in [5, 5.41) is 4.52. The number of alkyl carbamates (subject to hydrolysis) is 1. The second kappa shape index (κ2) is 33.7. The standard InChI is InChI=1S/C13H21NO4.C11H13NO2.C7H6O.C5H10INO2.C4H6Br2/c1-6-9-8-13(9,10(15)17-7-2)14-11(16)18-12(3,4)5;1-2-14-11(13)9-12-8-10-6-4-3-5-7-10;8-6-7-4-2-1-3-5-7;1-3-9-5(8)4-7-6-2;5-3-1-2-4-6/h6,9H,1,7-8H2,2-5H3,(H,14,16);3-8H,2,9H2,1H3;1-6H;3-4H2,1-2H3;1-2H,3-4H2/b;;;;2-1+. The normalized spacial score (nSPS) is 15.3. The molecule has 55 heavy (non-hydrogen) atoms. The van der Waals surface area contributed by atoms with E-state index < -0.39 is 23.2 Å². The molecule has 0 aliphatic heterocycles. The molecule has 1 fully saturated rings. The Labute approximate surface area is 353 Å². The van der Waals surface area contributed by atoms with E-state index >= 15 is 0 Å². The van der Waals surface area contributed by atoms with Crippen LogP contribution in [0.1, 0.15) is 63.9 Å². The molecule has 0 aromatic heterocycles. The molecule has 1 aliphatic rings. The average Bonchev–Trinajstić information content (AvgIpc) is 3.88. The van der Waals surface area contributed by atoms with Gasteiger partial charge in [0.15, 0.2) is 0 Å². The van der Waals surface area contributed by atoms with Crippen molar-refractivity contribution < 1.29 is 42.9 Å². The predicted octanol–water partition coefficient (Wildman–Crippen LogP) is 8.85. The topological polar surface area (TPSA) is 159 Å². The van der Waals surface area contributed by atoms with Gasteiger partial charge in [-0.15, -0.1) is 6.58 Å². The fraction of sp³-hybridized carbons (Fsp3) is 0.450. The van der Waals surface area contributed by atoms with Crippen molar-refractivity contribution in [3.63, 3.8) is 0 Å². The molecule has 2 aromatic carbocycles. The van der Waals surface area contributed by atoms with Gasteiger partial charge in [-0.2, -0.15) is 0 Å². The van der Waals surface area contributed by atoms with E-state index in [4.69, 9.17) is 14.2 Å². The fourth-order valence-electron chi connectivity index (χ4n) is 3.69. The van der Waals surface area contributed by atoms with Crippen molar-refractivity contribution in [2.45, 2.75) is 59.1 Å². The van der Waals surface area contributed by atoms with E-state index in [2.05, 4.69) is 68.8 Å². The highest BCUT2D eigenvalue weighted by molar-refractivity contribution is 14.2. The highest BCUT2D eigenvalue weighted by Crippen LogP contribution is 2.45. The van der Waals surface area contributed by atoms with E-state index in [0.717, 1.165) is 28.1 Å². The number of rotatable bonds is 14. The minimum Gasteiger partial charge on any atom is -0.465 e. The molecule has 0 radical (unpaired) electrons. The molecule has 1 amide bonds. The van der Waals surface area contributed by atoms with E-state index in [0.29, 0.717) is 19.6 Å². The summed E-state index contributed by atoms with van der Waals surface area (Å²) in [7, 11) is 0. The first-order valence-corrected chi connectivity index (χ1v) is 22.7. The number of carbonyl (C=O) groups is 5. The summed E-state index contributed by atoms with van der Waals surface area (Å²) in [6.45, 7) is 15.7. The van der Waals surface area contributed by atoms with Crippen LogP contribution in [0.25, 0.3) is 0 Å². The van der Waals surface area contributed by atoms with E-state index in [1.165, 1.54) is 0 Å². The molecular weight excluding hydrogens is 953 g/mol. The number of aldehydes is 1. The molecule has 0 bridgehead atoms. The summed E-state index contributed by atoms with van der Waals surface area (Å²) in [6.07, 6.45) is 8.14. The number of benzene rings is 2. The first-order chi connectivity index (χ1) is 26.2. The third-order valence-corrected chi connectivity index (χ3v) is 7.89. The maximum atomic E-state index is 11.9. The Balaban J connectivity index is 0. The van der Waals surface area contributed by atoms with Crippen molar-refractivity contribution in [1.29, 1.82) is 0 Å². The molecule has 12 nitrogen and oxygen atoms in total. The number of allylic oxidation sites excluding steroid dienone is 2. The first kappa shape index (κ1) is 53.5. The van der Waals surface area contributed by atoms with Gasteiger partial charge in [0.25, 0.3) is 0 Å². The summed E-state index contributed by atoms with van der Waals surface area (Å²) in [5.41, 5.74) is 0.128. The van der Waals surface area contributed by atoms with Gasteiger partial charge in [0.05, 0.1) is 19.8 Å². The van der Waals surface area contributed by atoms with Crippen LogP contribution in [0.4, 0.5) is 4.79 Å². The van der Waals surface area contributed by atoms with Gasteiger partial charge in [0, 0.05) is 28.4 Å². The van der Waals surface area contributed by atoms with Crippen LogP contribution in [0.5, 0.6) is 0 Å². The molecule has 1 saturated carbocycles. The number of hydrogen-bond acceptors (Lipinski definition) is 11. The molecule has 0 saturated heterocycles. The minimum atomic E-state index is -0.986. The maximum Gasteiger partial charge on any atom is 0.408 e. The number of aliphatic imine (C=N–C) groups is 1. The summed E-state index contributed by atoms with van der Waals surface area (Å²) < 4.78 is 23.4. The van der Waals surface area contributed by atoms with Gasteiger partial charge < -0.3 is 24.3 Å². The number of esters is 3. The Morgan fingerprint density at radius 1 is 0.855 bits per heavy atom. The van der Waals surface area contributed by atoms with Crippen LogP contribution in [-0.2, 0) is 33.3 Å². The van der Waals surface area contributed by atoms with E-state index in [9.17, 15) is 24.0 Å². The number of amides is 1. The molecule has 1 aliphatic carbocycles. The number of hydrogen-bond donors (Lipinski definition) is 1. The zero-order valence-electron chi connectivity index (χ0n) is 32.8. The van der Waals surface area contributed by atoms with Crippen LogP contribution in [-0.4, -0.2) is 96.1 Å². The van der Waals surface area contributed by atoms with Gasteiger partial charge in [-0.25, -0.2) is 9.59 Å². The Hall–Kier alpha value is -3.57. The fourth-order valence-corrected chi connectivity index (χ4v) is 4.84. The molecule has 15 heteroatoms. The number of alkyl halides is 3. The summed E-state index contributed by atoms with van der Waals surface area (Å²) in [4.78, 5) is 60.9. The van der Waals surface area contributed by atoms with Crippen molar-refractivity contribution in [2.24, 2.45) is 14.1 Å². The third-order valence-electron chi connectivity index (χ3n) is 6.12. The highest BCUT2D eigenvalue weighted by Gasteiger charge is 2.61. The number of nitrogens with one attached hydrogen (secondary N) is 1. The Morgan fingerprint density at radius 2 is 1.35 bits per heavy atom. The predicted molar refractivity (Wildman–Crippen MR) is 235 cm³/mol. The van der Waals surface area contributed by atoms with Crippen molar-refractivity contribution in [3.8, 4) is 0 Å². The summed E-state index contributed by atoms with van der Waals surface area (Å²) in [6, 6.07) is 18.7. The van der Waals surface area contributed by atoms with Crippen molar-refractivity contribution in [3.05, 3.63) is 96.6 Å². The zero-order valence-corrected chi connectivity index (χ0v) is 38.1. The van der Waals surface area contributed by atoms with Crippen LogP contribution < -0.4 is 5.32 Å². The van der Waals surface area contributed by atoms with Gasteiger partial charge in [-0.3, -0.25) is 22.5 Å². The van der Waals surface area contributed by atoms with E-state index in [-0.39, 0.29) is 58.6 Å². The van der Waals surface area contributed by atoms with Crippen LogP contribution in [0, 0.1) is 5.92 Å². The van der Waals surface area contributed by atoms with Gasteiger partial charge in [-0.05, 0) is 79.5 Å². The van der Waals surface area contributed by atoms with Gasteiger partial charge in [0.2, 0.25) is 0 Å². The minimum absolute atomic E-state index is 0.0860. The monoisotopic (exact) mass is 1010 g/mol. The van der Waals surface area contributed by atoms with Crippen LogP contribution in [0.3, 0.4) is 0 Å². The number of carbonyl (C=O) groups excluding carboxylic acids is 5. The quantitative estimate of drug-likeness (QED) is 0.0371. The molecule has 3 rings (SSSR count). The van der Waals surface area contributed by atoms with Crippen LogP contribution in [0.15, 0.2) is 93.6 Å². The zero-order chi connectivity index (χ0) is 42.0. The molecule has 0 spiro atoms. The smallest absolute Gasteiger partial charge is 0.408 e. The first-order valence-electron chi connectivity index (χ1n) is 17.3. The lowest BCUT2D eigenvalue weighted by Gasteiger charge is -2.23. The van der Waals surface area contributed by atoms with Crippen molar-refractivity contribution in [2.75, 3.05) is 48.5 Å². The Kier molecular flexibility index (Phi) is 32.8.